The molecule has 0 radical (unpaired) electrons. The summed E-state index contributed by atoms with van der Waals surface area (Å²) >= 11 is 0. The summed E-state index contributed by atoms with van der Waals surface area (Å²) in [5, 5.41) is 3.44. The Hall–Kier alpha value is -1.51. The number of hydrogen-bond donors (Lipinski definition) is 1. The summed E-state index contributed by atoms with van der Waals surface area (Å²) in [5.74, 6) is 5.02. The van der Waals surface area contributed by atoms with Crippen molar-refractivity contribution in [3.63, 3.8) is 0 Å². The molecule has 16 heavy (non-hydrogen) atoms. The summed E-state index contributed by atoms with van der Waals surface area (Å²) in [7, 11) is 1.90. The molecule has 3 heteroatoms. The minimum Gasteiger partial charge on any atom is -0.334 e. The van der Waals surface area contributed by atoms with Crippen molar-refractivity contribution in [2.75, 3.05) is 11.9 Å². The van der Waals surface area contributed by atoms with Crippen molar-refractivity contribution < 1.29 is 0 Å². The van der Waals surface area contributed by atoms with Crippen LogP contribution < -0.4 is 10.7 Å². The second kappa shape index (κ2) is 11.6. The molecule has 0 aliphatic rings. The number of hydrazone groups is 1. The van der Waals surface area contributed by atoms with E-state index in [1.54, 1.807) is 6.34 Å². The van der Waals surface area contributed by atoms with Crippen molar-refractivity contribution in [1.29, 1.82) is 0 Å². The van der Waals surface area contributed by atoms with Gasteiger partial charge in [0.05, 0.1) is 0 Å². The zero-order chi connectivity index (χ0) is 13.0. The van der Waals surface area contributed by atoms with Crippen molar-refractivity contribution >= 4 is 12.0 Å². The van der Waals surface area contributed by atoms with Gasteiger partial charge in [-0.1, -0.05) is 45.4 Å². The Morgan fingerprint density at radius 3 is 1.88 bits per heavy atom. The molecule has 0 heterocycles. The van der Waals surface area contributed by atoms with E-state index in [0.717, 1.165) is 5.69 Å². The Kier molecular flexibility index (Phi) is 12.2. The Labute approximate surface area is 100.0 Å². The van der Waals surface area contributed by atoms with E-state index >= 15 is 0 Å². The molecule has 0 bridgehead atoms. The van der Waals surface area contributed by atoms with Crippen LogP contribution in [-0.4, -0.2) is 13.4 Å². The van der Waals surface area contributed by atoms with Crippen LogP contribution in [-0.2, 0) is 0 Å². The van der Waals surface area contributed by atoms with E-state index in [1.807, 2.05) is 51.8 Å². The highest BCUT2D eigenvalue weighted by Crippen LogP contribution is 2.11. The van der Waals surface area contributed by atoms with Gasteiger partial charge in [0.25, 0.3) is 0 Å². The predicted molar refractivity (Wildman–Crippen MR) is 75.0 cm³/mol. The van der Waals surface area contributed by atoms with Crippen LogP contribution in [0.15, 0.2) is 29.4 Å². The quantitative estimate of drug-likeness (QED) is 0.361. The molecule has 0 fully saturated rings. The molecule has 0 amide bonds. The number of aryl methyl sites for hydroxylation is 1. The van der Waals surface area contributed by atoms with Gasteiger partial charge in [-0.2, -0.15) is 5.10 Å². The van der Waals surface area contributed by atoms with E-state index in [4.69, 9.17) is 5.84 Å². The topological polar surface area (TPSA) is 41.6 Å². The van der Waals surface area contributed by atoms with E-state index in [0.29, 0.717) is 0 Å². The molecule has 0 unspecified atom stereocenters. The lowest BCUT2D eigenvalue weighted by molar-refractivity contribution is 1.20. The summed E-state index contributed by atoms with van der Waals surface area (Å²) in [6, 6.07) is 8.15. The summed E-state index contributed by atoms with van der Waals surface area (Å²) in [4.78, 5) is 1.86. The summed E-state index contributed by atoms with van der Waals surface area (Å²) < 4.78 is 0. The Morgan fingerprint density at radius 1 is 1.06 bits per heavy atom. The van der Waals surface area contributed by atoms with Gasteiger partial charge in [0, 0.05) is 12.7 Å². The zero-order valence-corrected chi connectivity index (χ0v) is 11.4. The van der Waals surface area contributed by atoms with Crippen molar-refractivity contribution in [3.8, 4) is 0 Å². The highest BCUT2D eigenvalue weighted by molar-refractivity contribution is 5.77. The molecule has 0 spiro atoms. The van der Waals surface area contributed by atoms with Crippen LogP contribution in [0.5, 0.6) is 0 Å². The largest absolute Gasteiger partial charge is 0.334 e. The first-order valence-corrected chi connectivity index (χ1v) is 5.77. The molecule has 1 aromatic rings. The smallest absolute Gasteiger partial charge is 0.115 e. The van der Waals surface area contributed by atoms with Crippen molar-refractivity contribution in [1.82, 2.24) is 0 Å². The van der Waals surface area contributed by atoms with E-state index in [2.05, 4.69) is 24.2 Å². The van der Waals surface area contributed by atoms with Crippen LogP contribution >= 0.6 is 0 Å². The zero-order valence-electron chi connectivity index (χ0n) is 11.4. The number of hydrogen-bond acceptors (Lipinski definition) is 2. The third-order valence-electron chi connectivity index (χ3n) is 1.68. The third-order valence-corrected chi connectivity index (χ3v) is 1.68. The minimum atomic E-state index is 1.08. The molecule has 0 aliphatic carbocycles. The minimum absolute atomic E-state index is 1.08. The highest BCUT2D eigenvalue weighted by atomic mass is 15.2. The third kappa shape index (κ3) is 6.87. The number of rotatable bonds is 2. The molecule has 0 atom stereocenters. The molecular weight excluding hydrogens is 198 g/mol. The van der Waals surface area contributed by atoms with Crippen LogP contribution in [0.25, 0.3) is 0 Å². The second-order valence-electron chi connectivity index (χ2n) is 2.71. The predicted octanol–water partition coefficient (Wildman–Crippen LogP) is 3.39. The van der Waals surface area contributed by atoms with Gasteiger partial charge in [0.1, 0.15) is 6.34 Å². The van der Waals surface area contributed by atoms with E-state index in [9.17, 15) is 0 Å². The SMILES string of the molecule is CC.CC.Cc1ccc(N(C)/C=N\N)cc1. The van der Waals surface area contributed by atoms with Gasteiger partial charge in [0.2, 0.25) is 0 Å². The second-order valence-corrected chi connectivity index (χ2v) is 2.71. The van der Waals surface area contributed by atoms with Crippen LogP contribution in [0, 0.1) is 6.92 Å². The van der Waals surface area contributed by atoms with E-state index < -0.39 is 0 Å². The molecule has 0 saturated heterocycles. The number of nitrogens with zero attached hydrogens (tertiary/aromatic N) is 2. The summed E-state index contributed by atoms with van der Waals surface area (Å²) in [6.45, 7) is 10.1. The molecule has 1 rings (SSSR count). The van der Waals surface area contributed by atoms with Gasteiger partial charge in [-0.25, -0.2) is 0 Å². The number of anilines is 1. The monoisotopic (exact) mass is 223 g/mol. The van der Waals surface area contributed by atoms with E-state index in [1.165, 1.54) is 5.56 Å². The van der Waals surface area contributed by atoms with Gasteiger partial charge < -0.3 is 10.7 Å². The van der Waals surface area contributed by atoms with Crippen molar-refractivity contribution in [2.45, 2.75) is 34.6 Å². The first-order chi connectivity index (χ1) is 7.74. The molecule has 0 aromatic heterocycles. The van der Waals surface area contributed by atoms with Gasteiger partial charge in [-0.15, -0.1) is 0 Å². The molecule has 0 aliphatic heterocycles. The molecule has 3 nitrogen and oxygen atoms in total. The van der Waals surface area contributed by atoms with Crippen LogP contribution in [0.4, 0.5) is 5.69 Å². The average molecular weight is 223 g/mol. The average Bonchev–Trinajstić information content (AvgIpc) is 2.35. The van der Waals surface area contributed by atoms with Gasteiger partial charge in [-0.05, 0) is 19.1 Å². The summed E-state index contributed by atoms with van der Waals surface area (Å²) in [5.41, 5.74) is 2.33. The highest BCUT2D eigenvalue weighted by Gasteiger charge is 1.94. The normalized spacial score (nSPS) is 8.62. The molecule has 1 aromatic carbocycles. The van der Waals surface area contributed by atoms with Crippen LogP contribution in [0.1, 0.15) is 33.3 Å². The molecule has 2 N–H and O–H groups in total. The first-order valence-electron chi connectivity index (χ1n) is 5.77. The Balaban J connectivity index is 0. The maximum atomic E-state index is 5.02. The number of benzene rings is 1. The van der Waals surface area contributed by atoms with E-state index in [-0.39, 0.29) is 0 Å². The lowest BCUT2D eigenvalue weighted by atomic mass is 10.2. The van der Waals surface area contributed by atoms with Crippen molar-refractivity contribution in [3.05, 3.63) is 29.8 Å². The number of nitrogens with two attached hydrogens (primary N) is 1. The van der Waals surface area contributed by atoms with Crippen LogP contribution in [0.2, 0.25) is 0 Å². The van der Waals surface area contributed by atoms with Gasteiger partial charge in [0.15, 0.2) is 0 Å². The van der Waals surface area contributed by atoms with Gasteiger partial charge in [-0.3, -0.25) is 0 Å². The first kappa shape index (κ1) is 16.9. The lowest BCUT2D eigenvalue weighted by Gasteiger charge is -2.11. The van der Waals surface area contributed by atoms with Gasteiger partial charge >= 0.3 is 0 Å². The fraction of sp³-hybridized carbons (Fsp3) is 0.462. The molecular formula is C13H25N3. The summed E-state index contributed by atoms with van der Waals surface area (Å²) in [6.07, 6.45) is 1.57. The lowest BCUT2D eigenvalue weighted by Crippen LogP contribution is -2.14. The molecule has 0 saturated carbocycles. The maximum Gasteiger partial charge on any atom is 0.115 e. The standard InChI is InChI=1S/C9H13N3.2C2H6/c1-8-3-5-9(6-4-8)12(2)7-11-10;2*1-2/h3-7H,10H2,1-2H3;2*1-2H3/b11-7-;;. The van der Waals surface area contributed by atoms with Crippen molar-refractivity contribution in [2.24, 2.45) is 10.9 Å². The molecule has 92 valence electrons. The Bertz CT molecular complexity index is 265. The Morgan fingerprint density at radius 2 is 1.50 bits per heavy atom. The van der Waals surface area contributed by atoms with Crippen LogP contribution in [0.3, 0.4) is 0 Å². The fourth-order valence-electron chi connectivity index (χ4n) is 0.947. The fourth-order valence-corrected chi connectivity index (χ4v) is 0.947. The maximum absolute atomic E-state index is 5.02.